The van der Waals surface area contributed by atoms with Gasteiger partial charge >= 0.3 is 26.4 Å². The Bertz CT molecular complexity index is 228. The van der Waals surface area contributed by atoms with Gasteiger partial charge in [-0.05, 0) is 45.2 Å². The Labute approximate surface area is 104 Å². The van der Waals surface area contributed by atoms with Gasteiger partial charge in [0.2, 0.25) is 0 Å². The van der Waals surface area contributed by atoms with Gasteiger partial charge in [0.05, 0.1) is 0 Å². The topological polar surface area (TPSA) is 62.9 Å². The van der Waals surface area contributed by atoms with Gasteiger partial charge in [-0.3, -0.25) is 0 Å². The maximum Gasteiger partial charge on any atom is 0.313 e. The van der Waals surface area contributed by atoms with Crippen LogP contribution in [0.25, 0.3) is 0 Å². The van der Waals surface area contributed by atoms with Crippen LogP contribution in [0.5, 0.6) is 0 Å². The van der Waals surface area contributed by atoms with Crippen LogP contribution in [0.4, 0.5) is 0 Å². The molecule has 2 N–H and O–H groups in total. The summed E-state index contributed by atoms with van der Waals surface area (Å²) in [6, 6.07) is 0.967. The van der Waals surface area contributed by atoms with Crippen molar-refractivity contribution in [2.24, 2.45) is 5.73 Å². The van der Waals surface area contributed by atoms with Gasteiger partial charge in [0, 0.05) is 0 Å². The molecular formula is C7H23NO4Si4. The molecule has 0 saturated carbocycles. The summed E-state index contributed by atoms with van der Waals surface area (Å²) in [4.78, 5) is 0. The summed E-state index contributed by atoms with van der Waals surface area (Å²) in [5, 5.41) is 0. The van der Waals surface area contributed by atoms with Gasteiger partial charge in [-0.15, -0.1) is 0 Å². The summed E-state index contributed by atoms with van der Waals surface area (Å²) in [5.41, 5.74) is 5.50. The van der Waals surface area contributed by atoms with Gasteiger partial charge in [0.25, 0.3) is 10.0 Å². The van der Waals surface area contributed by atoms with Crippen LogP contribution in [0.15, 0.2) is 0 Å². The molecule has 0 aromatic heterocycles. The quantitative estimate of drug-likeness (QED) is 0.745. The van der Waals surface area contributed by atoms with Gasteiger partial charge in [-0.1, -0.05) is 0 Å². The van der Waals surface area contributed by atoms with Crippen LogP contribution in [-0.2, 0) is 16.5 Å². The molecule has 0 amide bonds. The minimum absolute atomic E-state index is 0.696. The van der Waals surface area contributed by atoms with Crippen molar-refractivity contribution in [2.75, 3.05) is 6.54 Å². The van der Waals surface area contributed by atoms with Gasteiger partial charge in [-0.2, -0.15) is 0 Å². The molecule has 1 heterocycles. The summed E-state index contributed by atoms with van der Waals surface area (Å²) in [6.07, 6.45) is 0.969. The monoisotopic (exact) mass is 297 g/mol. The summed E-state index contributed by atoms with van der Waals surface area (Å²) < 4.78 is 23.8. The third-order valence-corrected chi connectivity index (χ3v) is 15.6. The van der Waals surface area contributed by atoms with Crippen LogP contribution in [0.2, 0.25) is 32.2 Å². The van der Waals surface area contributed by atoms with Gasteiger partial charge in [0.1, 0.15) is 0 Å². The number of nitrogens with two attached hydrogens (primary N) is 1. The highest BCUT2D eigenvalue weighted by Crippen LogP contribution is 2.21. The molecule has 1 aliphatic rings. The van der Waals surface area contributed by atoms with E-state index in [-0.39, 0.29) is 0 Å². The van der Waals surface area contributed by atoms with Gasteiger partial charge in [-0.25, -0.2) is 0 Å². The van der Waals surface area contributed by atoms with Crippen LogP contribution in [0.3, 0.4) is 0 Å². The smallest absolute Gasteiger partial charge is 0.313 e. The summed E-state index contributed by atoms with van der Waals surface area (Å²) in [5.74, 6) is 0. The predicted octanol–water partition coefficient (Wildman–Crippen LogP) is 0.0381. The molecule has 1 aliphatic heterocycles. The van der Waals surface area contributed by atoms with Crippen LogP contribution < -0.4 is 5.73 Å². The Morgan fingerprint density at radius 3 is 2.50 bits per heavy atom. The first-order valence-electron chi connectivity index (χ1n) is 5.68. The lowest BCUT2D eigenvalue weighted by atomic mass is 10.5. The lowest BCUT2D eigenvalue weighted by Gasteiger charge is -2.38. The molecule has 0 aliphatic carbocycles. The Balaban J connectivity index is 2.56. The molecule has 5 nitrogen and oxygen atoms in total. The lowest BCUT2D eigenvalue weighted by molar-refractivity contribution is 0.271. The molecule has 0 spiro atoms. The van der Waals surface area contributed by atoms with Crippen molar-refractivity contribution in [1.29, 1.82) is 0 Å². The second-order valence-corrected chi connectivity index (χ2v) is 16.3. The van der Waals surface area contributed by atoms with Crippen molar-refractivity contribution in [3.8, 4) is 0 Å². The van der Waals surface area contributed by atoms with E-state index in [4.69, 9.17) is 22.2 Å². The van der Waals surface area contributed by atoms with Gasteiger partial charge in [0.15, 0.2) is 0 Å². The molecule has 1 unspecified atom stereocenters. The molecule has 1 fully saturated rings. The molecule has 9 heteroatoms. The first kappa shape index (κ1) is 14.7. The third-order valence-electron chi connectivity index (χ3n) is 2.21. The predicted molar refractivity (Wildman–Crippen MR) is 73.5 cm³/mol. The minimum atomic E-state index is -2.07. The second kappa shape index (κ2) is 6.02. The average Bonchev–Trinajstić information content (AvgIpc) is 2.09. The Hall–Kier alpha value is 0.668. The Morgan fingerprint density at radius 2 is 1.88 bits per heavy atom. The van der Waals surface area contributed by atoms with Crippen LogP contribution >= 0.6 is 0 Å². The van der Waals surface area contributed by atoms with Crippen LogP contribution in [0.1, 0.15) is 6.42 Å². The van der Waals surface area contributed by atoms with E-state index in [2.05, 4.69) is 26.2 Å². The fraction of sp³-hybridized carbons (Fsp3) is 1.00. The molecule has 96 valence electrons. The molecule has 16 heavy (non-hydrogen) atoms. The lowest BCUT2D eigenvalue weighted by Crippen LogP contribution is -2.55. The van der Waals surface area contributed by atoms with Crippen LogP contribution in [0, 0.1) is 0 Å². The number of rotatable bonds is 3. The molecule has 0 aromatic rings. The zero-order chi connectivity index (χ0) is 12.2. The number of hydrogen-bond acceptors (Lipinski definition) is 5. The van der Waals surface area contributed by atoms with E-state index >= 15 is 0 Å². The van der Waals surface area contributed by atoms with E-state index < -0.39 is 36.4 Å². The summed E-state index contributed by atoms with van der Waals surface area (Å²) in [7, 11) is -6.57. The first-order chi connectivity index (χ1) is 7.35. The van der Waals surface area contributed by atoms with Crippen molar-refractivity contribution in [3.63, 3.8) is 0 Å². The molecule has 1 saturated heterocycles. The molecule has 1 atom stereocenters. The highest BCUT2D eigenvalue weighted by atomic mass is 28.5. The molecule has 0 radical (unpaired) electrons. The van der Waals surface area contributed by atoms with E-state index in [1.54, 1.807) is 0 Å². The zero-order valence-electron chi connectivity index (χ0n) is 10.6. The largest absolute Gasteiger partial charge is 0.422 e. The first-order valence-corrected chi connectivity index (χ1v) is 14.2. The fourth-order valence-electron chi connectivity index (χ4n) is 1.67. The maximum atomic E-state index is 6.08. The van der Waals surface area contributed by atoms with Crippen molar-refractivity contribution in [2.45, 2.75) is 38.7 Å². The van der Waals surface area contributed by atoms with E-state index in [1.807, 2.05) is 0 Å². The third kappa shape index (κ3) is 5.33. The highest BCUT2D eigenvalue weighted by molar-refractivity contribution is 6.84. The minimum Gasteiger partial charge on any atom is -0.422 e. The van der Waals surface area contributed by atoms with Crippen molar-refractivity contribution in [1.82, 2.24) is 0 Å². The van der Waals surface area contributed by atoms with Crippen LogP contribution in [-0.4, -0.2) is 43.0 Å². The number of hydrogen-bond donors (Lipinski definition) is 1. The second-order valence-electron chi connectivity index (χ2n) is 4.81. The highest BCUT2D eigenvalue weighted by Gasteiger charge is 2.40. The normalized spacial score (nSPS) is 30.9. The van der Waals surface area contributed by atoms with E-state index in [0.717, 1.165) is 12.5 Å². The van der Waals surface area contributed by atoms with E-state index in [0.29, 0.717) is 6.54 Å². The maximum absolute atomic E-state index is 6.08. The van der Waals surface area contributed by atoms with E-state index in [9.17, 15) is 0 Å². The Kier molecular flexibility index (Phi) is 5.54. The van der Waals surface area contributed by atoms with E-state index in [1.165, 1.54) is 0 Å². The SMILES string of the molecule is C[Si]1(C)O[SiH2]O[SiH](CCCN)O[Si](C)(C)O1. The fourth-order valence-corrected chi connectivity index (χ4v) is 15.6. The molecule has 0 bridgehead atoms. The summed E-state index contributed by atoms with van der Waals surface area (Å²) in [6.45, 7) is 8.96. The Morgan fingerprint density at radius 1 is 1.19 bits per heavy atom. The van der Waals surface area contributed by atoms with Crippen molar-refractivity contribution >= 4 is 36.4 Å². The van der Waals surface area contributed by atoms with Crippen molar-refractivity contribution in [3.05, 3.63) is 0 Å². The molecule has 1 rings (SSSR count). The molecular weight excluding hydrogens is 274 g/mol. The zero-order valence-corrected chi connectivity index (χ0v) is 15.2. The summed E-state index contributed by atoms with van der Waals surface area (Å²) >= 11 is 0. The standard InChI is InChI=1S/C7H23NO4Si4/c1-15(2)10-13-9-14(7-5-6-8)11-16(3,4)12-15/h14H,5-8,13H2,1-4H3. The van der Waals surface area contributed by atoms with Gasteiger partial charge < -0.3 is 22.2 Å². The molecule has 0 aromatic carbocycles. The van der Waals surface area contributed by atoms with Crippen molar-refractivity contribution < 1.29 is 16.5 Å². The average molecular weight is 298 g/mol.